The zero-order valence-corrected chi connectivity index (χ0v) is 13.4. The Morgan fingerprint density at radius 2 is 2.05 bits per heavy atom. The van der Waals surface area contributed by atoms with E-state index in [1.807, 2.05) is 25.3 Å². The van der Waals surface area contributed by atoms with Crippen LogP contribution in [0.2, 0.25) is 0 Å². The lowest BCUT2D eigenvalue weighted by Gasteiger charge is -2.04. The molecule has 4 heteroatoms. The second-order valence-electron chi connectivity index (χ2n) is 5.80. The van der Waals surface area contributed by atoms with Gasteiger partial charge in [0, 0.05) is 35.4 Å². The molecule has 0 fully saturated rings. The molecule has 0 bridgehead atoms. The summed E-state index contributed by atoms with van der Waals surface area (Å²) in [5, 5.41) is 2.90. The van der Waals surface area contributed by atoms with Gasteiger partial charge in [-0.2, -0.15) is 0 Å². The number of carbonyl (C=O) groups is 1. The number of nitrogens with two attached hydrogens (primary N) is 1. The fourth-order valence-electron chi connectivity index (χ4n) is 3.27. The fraction of sp³-hybridized carbons (Fsp3) is 0.278. The first-order valence-corrected chi connectivity index (χ1v) is 7.51. The van der Waals surface area contributed by atoms with E-state index in [9.17, 15) is 4.79 Å². The monoisotopic (exact) mass is 295 g/mol. The van der Waals surface area contributed by atoms with Gasteiger partial charge in [0.2, 0.25) is 0 Å². The lowest BCUT2D eigenvalue weighted by Crippen LogP contribution is -2.04. The first kappa shape index (κ1) is 14.4. The zero-order chi connectivity index (χ0) is 16.0. The molecule has 3 N–H and O–H groups in total. The summed E-state index contributed by atoms with van der Waals surface area (Å²) < 4.78 is 2.15. The largest absolute Gasteiger partial charge is 0.399 e. The summed E-state index contributed by atoms with van der Waals surface area (Å²) in [5.74, 6) is -0.0723. The van der Waals surface area contributed by atoms with E-state index in [1.54, 1.807) is 6.07 Å². The van der Waals surface area contributed by atoms with Crippen LogP contribution in [0.5, 0.6) is 0 Å². The van der Waals surface area contributed by atoms with Gasteiger partial charge in [0.25, 0.3) is 5.91 Å². The highest BCUT2D eigenvalue weighted by molar-refractivity contribution is 6.35. The predicted molar refractivity (Wildman–Crippen MR) is 91.6 cm³/mol. The molecule has 0 atom stereocenters. The topological polar surface area (TPSA) is 60.1 Å². The van der Waals surface area contributed by atoms with Crippen molar-refractivity contribution in [2.24, 2.45) is 7.05 Å². The van der Waals surface area contributed by atoms with E-state index in [0.29, 0.717) is 11.3 Å². The summed E-state index contributed by atoms with van der Waals surface area (Å²) >= 11 is 0. The van der Waals surface area contributed by atoms with Crippen LogP contribution < -0.4 is 11.1 Å². The van der Waals surface area contributed by atoms with Crippen LogP contribution in [0.1, 0.15) is 35.0 Å². The molecule has 1 amide bonds. The lowest BCUT2D eigenvalue weighted by atomic mass is 10.0. The maximum Gasteiger partial charge on any atom is 0.256 e. The molecule has 4 nitrogen and oxygen atoms in total. The molecule has 2 heterocycles. The molecule has 0 unspecified atom stereocenters. The summed E-state index contributed by atoms with van der Waals surface area (Å²) in [5.41, 5.74) is 13.8. The Bertz CT molecular complexity index is 812. The Morgan fingerprint density at radius 3 is 2.68 bits per heavy atom. The van der Waals surface area contributed by atoms with Gasteiger partial charge in [-0.1, -0.05) is 6.92 Å². The molecule has 3 rings (SSSR count). The Hall–Kier alpha value is -2.49. The lowest BCUT2D eigenvalue weighted by molar-refractivity contribution is -0.110. The molecule has 0 saturated heterocycles. The van der Waals surface area contributed by atoms with Crippen LogP contribution in [0, 0.1) is 13.8 Å². The third-order valence-corrected chi connectivity index (χ3v) is 4.60. The average Bonchev–Trinajstić information content (AvgIpc) is 2.89. The number of amides is 1. The molecule has 22 heavy (non-hydrogen) atoms. The van der Waals surface area contributed by atoms with Gasteiger partial charge in [0.05, 0.1) is 5.57 Å². The van der Waals surface area contributed by atoms with Gasteiger partial charge in [-0.15, -0.1) is 0 Å². The van der Waals surface area contributed by atoms with E-state index in [4.69, 9.17) is 5.73 Å². The van der Waals surface area contributed by atoms with E-state index in [1.165, 1.54) is 16.8 Å². The normalized spacial score (nSPS) is 15.3. The molecule has 0 aliphatic carbocycles. The molecular weight excluding hydrogens is 274 g/mol. The summed E-state index contributed by atoms with van der Waals surface area (Å²) in [6.45, 7) is 6.39. The van der Waals surface area contributed by atoms with Gasteiger partial charge in [0.15, 0.2) is 0 Å². The number of aromatic nitrogens is 1. The molecule has 1 aliphatic rings. The van der Waals surface area contributed by atoms with Crippen molar-refractivity contribution in [1.29, 1.82) is 0 Å². The van der Waals surface area contributed by atoms with E-state index in [2.05, 4.69) is 30.7 Å². The van der Waals surface area contributed by atoms with E-state index in [0.717, 1.165) is 23.4 Å². The maximum atomic E-state index is 12.3. The van der Waals surface area contributed by atoms with Gasteiger partial charge in [-0.25, -0.2) is 0 Å². The van der Waals surface area contributed by atoms with E-state index in [-0.39, 0.29) is 5.91 Å². The minimum Gasteiger partial charge on any atom is -0.399 e. The second-order valence-corrected chi connectivity index (χ2v) is 5.80. The zero-order valence-electron chi connectivity index (χ0n) is 13.4. The number of rotatable bonds is 2. The Kier molecular flexibility index (Phi) is 3.32. The van der Waals surface area contributed by atoms with Crippen LogP contribution in [0.25, 0.3) is 11.6 Å². The highest BCUT2D eigenvalue weighted by Gasteiger charge is 2.25. The molecule has 2 aromatic rings. The second kappa shape index (κ2) is 5.05. The van der Waals surface area contributed by atoms with E-state index >= 15 is 0 Å². The first-order chi connectivity index (χ1) is 10.4. The number of hydrogen-bond donors (Lipinski definition) is 2. The van der Waals surface area contributed by atoms with Crippen molar-refractivity contribution in [2.75, 3.05) is 11.1 Å². The summed E-state index contributed by atoms with van der Waals surface area (Å²) in [7, 11) is 2.04. The number of anilines is 2. The minimum absolute atomic E-state index is 0.0723. The van der Waals surface area contributed by atoms with Crippen molar-refractivity contribution in [1.82, 2.24) is 4.57 Å². The Balaban J connectivity index is 2.19. The molecular formula is C18H21N3O. The van der Waals surface area contributed by atoms with Gasteiger partial charge in [-0.3, -0.25) is 4.79 Å². The summed E-state index contributed by atoms with van der Waals surface area (Å²) in [6, 6.07) is 5.50. The van der Waals surface area contributed by atoms with Crippen LogP contribution in [-0.2, 0) is 18.3 Å². The maximum absolute atomic E-state index is 12.3. The highest BCUT2D eigenvalue weighted by Crippen LogP contribution is 2.35. The number of carbonyl (C=O) groups excluding carboxylic acids is 1. The SMILES string of the molecule is CCc1c(C)c(/C=C2\C(=O)Nc3ccc(N)cc32)n(C)c1C. The predicted octanol–water partition coefficient (Wildman–Crippen LogP) is 3.28. The third-order valence-electron chi connectivity index (χ3n) is 4.60. The molecule has 1 aromatic carbocycles. The molecule has 0 spiro atoms. The van der Waals surface area contributed by atoms with Crippen molar-refractivity contribution in [3.8, 4) is 0 Å². The quantitative estimate of drug-likeness (QED) is 0.660. The number of nitrogen functional groups attached to an aromatic ring is 1. The van der Waals surface area contributed by atoms with Crippen molar-refractivity contribution < 1.29 is 4.79 Å². The minimum atomic E-state index is -0.0723. The van der Waals surface area contributed by atoms with Crippen LogP contribution in [0.15, 0.2) is 18.2 Å². The van der Waals surface area contributed by atoms with Crippen molar-refractivity contribution >= 4 is 28.9 Å². The molecule has 1 aromatic heterocycles. The summed E-state index contributed by atoms with van der Waals surface area (Å²) in [4.78, 5) is 12.3. The van der Waals surface area contributed by atoms with Crippen LogP contribution >= 0.6 is 0 Å². The van der Waals surface area contributed by atoms with Gasteiger partial charge in [0.1, 0.15) is 0 Å². The van der Waals surface area contributed by atoms with Crippen molar-refractivity contribution in [3.63, 3.8) is 0 Å². The third kappa shape index (κ3) is 2.03. The van der Waals surface area contributed by atoms with E-state index < -0.39 is 0 Å². The van der Waals surface area contributed by atoms with Crippen LogP contribution in [-0.4, -0.2) is 10.5 Å². The molecule has 1 aliphatic heterocycles. The summed E-state index contributed by atoms with van der Waals surface area (Å²) in [6.07, 6.45) is 2.96. The van der Waals surface area contributed by atoms with Crippen LogP contribution in [0.4, 0.5) is 11.4 Å². The van der Waals surface area contributed by atoms with Crippen molar-refractivity contribution in [2.45, 2.75) is 27.2 Å². The average molecular weight is 295 g/mol. The van der Waals surface area contributed by atoms with Gasteiger partial charge in [-0.05, 0) is 55.7 Å². The number of hydrogen-bond acceptors (Lipinski definition) is 2. The number of benzene rings is 1. The first-order valence-electron chi connectivity index (χ1n) is 7.51. The number of nitrogens with one attached hydrogen (secondary N) is 1. The van der Waals surface area contributed by atoms with Crippen molar-refractivity contribution in [3.05, 3.63) is 46.3 Å². The molecule has 0 radical (unpaired) electrons. The Labute approximate surface area is 130 Å². The standard InChI is InChI=1S/C18H21N3O/c1-5-13-10(2)17(21(4)11(13)3)9-15-14-8-12(19)6-7-16(14)20-18(15)22/h6-9H,5,19H2,1-4H3,(H,20,22)/b15-9-. The van der Waals surface area contributed by atoms with Gasteiger partial charge < -0.3 is 15.6 Å². The Morgan fingerprint density at radius 1 is 1.32 bits per heavy atom. The number of nitrogens with zero attached hydrogens (tertiary/aromatic N) is 1. The fourth-order valence-corrected chi connectivity index (χ4v) is 3.27. The highest BCUT2D eigenvalue weighted by atomic mass is 16.2. The smallest absolute Gasteiger partial charge is 0.256 e. The van der Waals surface area contributed by atoms with Crippen LogP contribution in [0.3, 0.4) is 0 Å². The molecule has 0 saturated carbocycles. The van der Waals surface area contributed by atoms with Gasteiger partial charge >= 0.3 is 0 Å². The molecule has 114 valence electrons. The number of fused-ring (bicyclic) bond motifs is 1.